The maximum absolute atomic E-state index is 13.0. The third-order valence-corrected chi connectivity index (χ3v) is 5.00. The number of ether oxygens (including phenoxy) is 1. The van der Waals surface area contributed by atoms with Crippen molar-refractivity contribution in [1.82, 2.24) is 15.1 Å². The van der Waals surface area contributed by atoms with Gasteiger partial charge in [-0.3, -0.25) is 4.79 Å². The minimum absolute atomic E-state index is 0.0421. The lowest BCUT2D eigenvalue weighted by atomic mass is 10.1. The van der Waals surface area contributed by atoms with E-state index in [0.717, 1.165) is 67.6 Å². The molecule has 6 nitrogen and oxygen atoms in total. The maximum Gasteiger partial charge on any atom is 0.277 e. The monoisotopic (exact) mass is 328 g/mol. The SMILES string of the molecule is Cc1nn(C2CCCCO2)c(=O)c2cc(N3CCNCC3)ccc12. The number of piperazine rings is 1. The first-order valence-corrected chi connectivity index (χ1v) is 8.84. The minimum atomic E-state index is -0.225. The highest BCUT2D eigenvalue weighted by atomic mass is 16.5. The molecule has 1 atom stereocenters. The van der Waals surface area contributed by atoms with Gasteiger partial charge in [0.05, 0.1) is 11.1 Å². The molecule has 1 N–H and O–H groups in total. The number of hydrogen-bond donors (Lipinski definition) is 1. The van der Waals surface area contributed by atoms with Crippen LogP contribution in [0.25, 0.3) is 10.8 Å². The van der Waals surface area contributed by atoms with Crippen LogP contribution >= 0.6 is 0 Å². The Morgan fingerprint density at radius 1 is 1.21 bits per heavy atom. The van der Waals surface area contributed by atoms with Gasteiger partial charge in [0.15, 0.2) is 6.23 Å². The van der Waals surface area contributed by atoms with Gasteiger partial charge in [-0.15, -0.1) is 0 Å². The number of aromatic nitrogens is 2. The molecule has 2 fully saturated rings. The van der Waals surface area contributed by atoms with Gasteiger partial charge in [-0.2, -0.15) is 5.10 Å². The van der Waals surface area contributed by atoms with Crippen LogP contribution < -0.4 is 15.8 Å². The number of fused-ring (bicyclic) bond motifs is 1. The topological polar surface area (TPSA) is 59.4 Å². The van der Waals surface area contributed by atoms with Crippen LogP contribution in [0.3, 0.4) is 0 Å². The minimum Gasteiger partial charge on any atom is -0.369 e. The van der Waals surface area contributed by atoms with E-state index in [9.17, 15) is 4.79 Å². The molecule has 128 valence electrons. The van der Waals surface area contributed by atoms with Crippen LogP contribution in [-0.4, -0.2) is 42.6 Å². The molecule has 1 aromatic heterocycles. The average Bonchev–Trinajstić information content (AvgIpc) is 2.66. The molecule has 0 saturated carbocycles. The van der Waals surface area contributed by atoms with Gasteiger partial charge in [0.2, 0.25) is 0 Å². The number of nitrogens with zero attached hydrogens (tertiary/aromatic N) is 3. The summed E-state index contributed by atoms with van der Waals surface area (Å²) in [5.74, 6) is 0. The van der Waals surface area contributed by atoms with E-state index in [1.807, 2.05) is 19.1 Å². The first-order valence-electron chi connectivity index (χ1n) is 8.84. The highest BCUT2D eigenvalue weighted by molar-refractivity contribution is 5.86. The van der Waals surface area contributed by atoms with Crippen LogP contribution in [0, 0.1) is 6.92 Å². The maximum atomic E-state index is 13.0. The van der Waals surface area contributed by atoms with E-state index in [0.29, 0.717) is 6.61 Å². The lowest BCUT2D eigenvalue weighted by Gasteiger charge is -2.29. The van der Waals surface area contributed by atoms with E-state index in [2.05, 4.69) is 21.4 Å². The molecular weight excluding hydrogens is 304 g/mol. The standard InChI is InChI=1S/C18H24N4O2/c1-13-15-6-5-14(21-9-7-19-8-10-21)12-16(15)18(23)22(20-13)17-4-2-3-11-24-17/h5-6,12,17,19H,2-4,7-11H2,1H3. The lowest BCUT2D eigenvalue weighted by Crippen LogP contribution is -2.43. The molecule has 1 unspecified atom stereocenters. The van der Waals surface area contributed by atoms with Crippen LogP contribution in [-0.2, 0) is 4.74 Å². The second-order valence-electron chi connectivity index (χ2n) is 6.62. The van der Waals surface area contributed by atoms with Gasteiger partial charge < -0.3 is 15.0 Å². The summed E-state index contributed by atoms with van der Waals surface area (Å²) in [6.45, 7) is 6.56. The Morgan fingerprint density at radius 3 is 2.79 bits per heavy atom. The molecule has 6 heteroatoms. The summed E-state index contributed by atoms with van der Waals surface area (Å²) >= 11 is 0. The highest BCUT2D eigenvalue weighted by Crippen LogP contribution is 2.25. The molecule has 2 aromatic rings. The smallest absolute Gasteiger partial charge is 0.277 e. The summed E-state index contributed by atoms with van der Waals surface area (Å²) in [5.41, 5.74) is 1.95. The molecule has 24 heavy (non-hydrogen) atoms. The summed E-state index contributed by atoms with van der Waals surface area (Å²) < 4.78 is 7.33. The summed E-state index contributed by atoms with van der Waals surface area (Å²) in [4.78, 5) is 15.3. The van der Waals surface area contributed by atoms with Gasteiger partial charge in [-0.1, -0.05) is 6.07 Å². The molecule has 2 aliphatic rings. The number of anilines is 1. The Morgan fingerprint density at radius 2 is 2.04 bits per heavy atom. The van der Waals surface area contributed by atoms with Gasteiger partial charge >= 0.3 is 0 Å². The van der Waals surface area contributed by atoms with E-state index in [4.69, 9.17) is 4.74 Å². The van der Waals surface area contributed by atoms with Crippen LogP contribution in [0.15, 0.2) is 23.0 Å². The zero-order valence-corrected chi connectivity index (χ0v) is 14.1. The summed E-state index contributed by atoms with van der Waals surface area (Å²) in [5, 5.41) is 9.56. The van der Waals surface area contributed by atoms with Crippen molar-refractivity contribution in [2.24, 2.45) is 0 Å². The molecule has 0 bridgehead atoms. The summed E-state index contributed by atoms with van der Waals surface area (Å²) in [6.07, 6.45) is 2.77. The fourth-order valence-corrected chi connectivity index (χ4v) is 3.64. The molecular formula is C18H24N4O2. The van der Waals surface area contributed by atoms with Crippen molar-refractivity contribution in [2.45, 2.75) is 32.4 Å². The Balaban J connectivity index is 1.79. The predicted molar refractivity (Wildman–Crippen MR) is 94.7 cm³/mol. The average molecular weight is 328 g/mol. The normalized spacial score (nSPS) is 22.0. The molecule has 4 rings (SSSR count). The van der Waals surface area contributed by atoms with Crippen LogP contribution in [0.1, 0.15) is 31.2 Å². The summed E-state index contributed by atoms with van der Waals surface area (Å²) in [7, 11) is 0. The second-order valence-corrected chi connectivity index (χ2v) is 6.62. The Kier molecular flexibility index (Phi) is 4.24. The van der Waals surface area contributed by atoms with Crippen molar-refractivity contribution >= 4 is 16.5 Å². The van der Waals surface area contributed by atoms with Crippen molar-refractivity contribution in [3.8, 4) is 0 Å². The first kappa shape index (κ1) is 15.6. The highest BCUT2D eigenvalue weighted by Gasteiger charge is 2.21. The van der Waals surface area contributed by atoms with Gasteiger partial charge in [0.1, 0.15) is 0 Å². The Bertz CT molecular complexity index is 789. The zero-order valence-electron chi connectivity index (χ0n) is 14.1. The number of aryl methyl sites for hydroxylation is 1. The van der Waals surface area contributed by atoms with Crippen molar-refractivity contribution in [2.75, 3.05) is 37.7 Å². The molecule has 0 aliphatic carbocycles. The van der Waals surface area contributed by atoms with E-state index in [1.54, 1.807) is 4.68 Å². The molecule has 2 saturated heterocycles. The second kappa shape index (κ2) is 6.53. The molecule has 0 amide bonds. The van der Waals surface area contributed by atoms with Crippen molar-refractivity contribution in [3.63, 3.8) is 0 Å². The lowest BCUT2D eigenvalue weighted by molar-refractivity contribution is -0.0423. The Labute approximate surface area is 141 Å². The number of rotatable bonds is 2. The number of nitrogens with one attached hydrogen (secondary N) is 1. The van der Waals surface area contributed by atoms with Gasteiger partial charge in [-0.05, 0) is 38.3 Å². The van der Waals surface area contributed by atoms with Crippen molar-refractivity contribution < 1.29 is 4.74 Å². The van der Waals surface area contributed by atoms with Crippen molar-refractivity contribution in [1.29, 1.82) is 0 Å². The molecule has 2 aliphatic heterocycles. The fourth-order valence-electron chi connectivity index (χ4n) is 3.64. The van der Waals surface area contributed by atoms with Crippen molar-refractivity contribution in [3.05, 3.63) is 34.2 Å². The first-order chi connectivity index (χ1) is 11.7. The molecule has 0 radical (unpaired) electrons. The third-order valence-electron chi connectivity index (χ3n) is 5.00. The fraction of sp³-hybridized carbons (Fsp3) is 0.556. The van der Waals surface area contributed by atoms with Gasteiger partial charge in [-0.25, -0.2) is 4.68 Å². The van der Waals surface area contributed by atoms with E-state index in [1.165, 1.54) is 0 Å². The third kappa shape index (κ3) is 2.80. The van der Waals surface area contributed by atoms with Gasteiger partial charge in [0, 0.05) is 43.9 Å². The Hall–Kier alpha value is -1.92. The molecule has 3 heterocycles. The van der Waals surface area contributed by atoms with Crippen LogP contribution in [0.5, 0.6) is 0 Å². The number of benzene rings is 1. The van der Waals surface area contributed by atoms with Crippen LogP contribution in [0.4, 0.5) is 5.69 Å². The predicted octanol–water partition coefficient (Wildman–Crippen LogP) is 1.81. The summed E-state index contributed by atoms with van der Waals surface area (Å²) in [6, 6.07) is 6.16. The van der Waals surface area contributed by atoms with E-state index >= 15 is 0 Å². The molecule has 0 spiro atoms. The van der Waals surface area contributed by atoms with E-state index < -0.39 is 0 Å². The quantitative estimate of drug-likeness (QED) is 0.911. The van der Waals surface area contributed by atoms with E-state index in [-0.39, 0.29) is 11.8 Å². The molecule has 1 aromatic carbocycles. The largest absolute Gasteiger partial charge is 0.369 e. The zero-order chi connectivity index (χ0) is 16.5. The van der Waals surface area contributed by atoms with Crippen LogP contribution in [0.2, 0.25) is 0 Å². The van der Waals surface area contributed by atoms with Gasteiger partial charge in [0.25, 0.3) is 5.56 Å². The number of hydrogen-bond acceptors (Lipinski definition) is 5.